The van der Waals surface area contributed by atoms with E-state index >= 15 is 0 Å². The van der Waals surface area contributed by atoms with Crippen LogP contribution >= 0.6 is 0 Å². The first-order valence-corrected chi connectivity index (χ1v) is 12.4. The molecule has 3 nitrogen and oxygen atoms in total. The number of rotatable bonds is 4. The highest BCUT2D eigenvalue weighted by atomic mass is 16.2. The number of hydrogen-bond acceptors (Lipinski definition) is 2. The smallest absolute Gasteiger partial charge is 0.225 e. The minimum absolute atomic E-state index is 0.271. The van der Waals surface area contributed by atoms with E-state index in [1.807, 2.05) is 0 Å². The van der Waals surface area contributed by atoms with Crippen molar-refractivity contribution in [2.45, 2.75) is 62.8 Å². The van der Waals surface area contributed by atoms with Crippen LogP contribution < -0.4 is 0 Å². The average molecular weight is 417 g/mol. The van der Waals surface area contributed by atoms with Gasteiger partial charge in [0.15, 0.2) is 0 Å². The van der Waals surface area contributed by atoms with Crippen molar-refractivity contribution < 1.29 is 4.79 Å². The number of nitrogens with zero attached hydrogens (tertiary/aromatic N) is 2. The predicted molar refractivity (Wildman–Crippen MR) is 126 cm³/mol. The van der Waals surface area contributed by atoms with E-state index in [1.165, 1.54) is 43.2 Å². The van der Waals surface area contributed by atoms with Gasteiger partial charge in [-0.05, 0) is 55.8 Å². The van der Waals surface area contributed by atoms with E-state index in [2.05, 4.69) is 70.5 Å². The Morgan fingerprint density at radius 1 is 0.710 bits per heavy atom. The molecule has 3 aliphatic rings. The van der Waals surface area contributed by atoms with Crippen LogP contribution in [0, 0.1) is 5.92 Å². The standard InChI is InChI=1S/C28H36N2O/c31-28(25-14-8-3-9-15-25)30-20-26(24-12-6-2-7-13-24)27(21-30)29-18-16-23(17-19-29)22-10-4-1-5-11-22/h1-2,4-7,10-13,23,25-27H,3,8-9,14-21H2/t26-,27+/m1/s1. The lowest BCUT2D eigenvalue weighted by molar-refractivity contribution is -0.135. The first-order valence-electron chi connectivity index (χ1n) is 12.4. The third kappa shape index (κ3) is 4.57. The highest BCUT2D eigenvalue weighted by Gasteiger charge is 2.41. The zero-order valence-electron chi connectivity index (χ0n) is 18.7. The zero-order chi connectivity index (χ0) is 21.0. The Labute approximate surface area is 187 Å². The summed E-state index contributed by atoms with van der Waals surface area (Å²) in [5.41, 5.74) is 2.89. The maximum Gasteiger partial charge on any atom is 0.225 e. The Kier molecular flexibility index (Phi) is 6.40. The maximum atomic E-state index is 13.4. The Morgan fingerprint density at radius 3 is 1.97 bits per heavy atom. The molecule has 2 aromatic rings. The second kappa shape index (κ2) is 9.56. The fourth-order valence-corrected chi connectivity index (χ4v) is 6.26. The normalized spacial score (nSPS) is 26.3. The number of likely N-dealkylation sites (tertiary alicyclic amines) is 2. The van der Waals surface area contributed by atoms with Crippen molar-refractivity contribution in [2.24, 2.45) is 5.92 Å². The summed E-state index contributed by atoms with van der Waals surface area (Å²) >= 11 is 0. The Morgan fingerprint density at radius 2 is 1.32 bits per heavy atom. The van der Waals surface area contributed by atoms with E-state index in [0.717, 1.165) is 39.0 Å². The Balaban J connectivity index is 1.30. The summed E-state index contributed by atoms with van der Waals surface area (Å²) in [5.74, 6) is 1.81. The molecule has 31 heavy (non-hydrogen) atoms. The fraction of sp³-hybridized carbons (Fsp3) is 0.536. The molecular weight excluding hydrogens is 380 g/mol. The van der Waals surface area contributed by atoms with Crippen molar-refractivity contribution in [1.29, 1.82) is 0 Å². The number of hydrogen-bond donors (Lipinski definition) is 0. The molecule has 0 spiro atoms. The van der Waals surface area contributed by atoms with Gasteiger partial charge < -0.3 is 4.90 Å². The lowest BCUT2D eigenvalue weighted by Gasteiger charge is -2.38. The van der Waals surface area contributed by atoms with Gasteiger partial charge in [0.05, 0.1) is 0 Å². The van der Waals surface area contributed by atoms with E-state index in [1.54, 1.807) is 0 Å². The molecule has 3 heteroatoms. The van der Waals surface area contributed by atoms with E-state index < -0.39 is 0 Å². The van der Waals surface area contributed by atoms with Gasteiger partial charge in [-0.25, -0.2) is 0 Å². The molecule has 2 aromatic carbocycles. The number of benzene rings is 2. The van der Waals surface area contributed by atoms with Crippen LogP contribution in [0.3, 0.4) is 0 Å². The van der Waals surface area contributed by atoms with Crippen LogP contribution in [0.4, 0.5) is 0 Å². The van der Waals surface area contributed by atoms with Crippen molar-refractivity contribution >= 4 is 5.91 Å². The van der Waals surface area contributed by atoms with Crippen molar-refractivity contribution in [3.8, 4) is 0 Å². The topological polar surface area (TPSA) is 23.6 Å². The van der Waals surface area contributed by atoms with Crippen LogP contribution in [0.15, 0.2) is 60.7 Å². The molecule has 5 rings (SSSR count). The van der Waals surface area contributed by atoms with Gasteiger partial charge in [-0.3, -0.25) is 9.69 Å². The summed E-state index contributed by atoms with van der Waals surface area (Å²) in [6.07, 6.45) is 8.38. The van der Waals surface area contributed by atoms with Gasteiger partial charge in [0.2, 0.25) is 5.91 Å². The molecule has 0 radical (unpaired) electrons. The van der Waals surface area contributed by atoms with Crippen LogP contribution in [-0.4, -0.2) is 47.9 Å². The molecule has 0 bridgehead atoms. The average Bonchev–Trinajstić information content (AvgIpc) is 3.31. The fourth-order valence-electron chi connectivity index (χ4n) is 6.26. The van der Waals surface area contributed by atoms with Gasteiger partial charge in [0.25, 0.3) is 0 Å². The molecule has 2 heterocycles. The summed E-state index contributed by atoms with van der Waals surface area (Å²) in [7, 11) is 0. The second-order valence-electron chi connectivity index (χ2n) is 9.88. The summed E-state index contributed by atoms with van der Waals surface area (Å²) in [5, 5.41) is 0. The molecule has 1 aliphatic carbocycles. The molecule has 1 amide bonds. The van der Waals surface area contributed by atoms with E-state index in [9.17, 15) is 4.79 Å². The van der Waals surface area contributed by atoms with E-state index in [-0.39, 0.29) is 5.92 Å². The number of piperidine rings is 1. The van der Waals surface area contributed by atoms with Crippen molar-refractivity contribution in [3.63, 3.8) is 0 Å². The SMILES string of the molecule is O=C(C1CCCCC1)N1C[C@H](c2ccccc2)[C@@H](N2CCC(c3ccccc3)CC2)C1. The van der Waals surface area contributed by atoms with Crippen molar-refractivity contribution in [3.05, 3.63) is 71.8 Å². The number of carbonyl (C=O) groups is 1. The van der Waals surface area contributed by atoms with Gasteiger partial charge in [-0.15, -0.1) is 0 Å². The molecule has 3 fully saturated rings. The van der Waals surface area contributed by atoms with Gasteiger partial charge in [0, 0.05) is 31.0 Å². The quantitative estimate of drug-likeness (QED) is 0.662. The highest BCUT2D eigenvalue weighted by molar-refractivity contribution is 5.79. The second-order valence-corrected chi connectivity index (χ2v) is 9.88. The van der Waals surface area contributed by atoms with Gasteiger partial charge in [0.1, 0.15) is 0 Å². The highest BCUT2D eigenvalue weighted by Crippen LogP contribution is 2.37. The summed E-state index contributed by atoms with van der Waals surface area (Å²) in [4.78, 5) is 18.3. The molecule has 0 aromatic heterocycles. The van der Waals surface area contributed by atoms with Crippen LogP contribution in [0.1, 0.15) is 67.9 Å². The maximum absolute atomic E-state index is 13.4. The number of carbonyl (C=O) groups excluding carboxylic acids is 1. The summed E-state index contributed by atoms with van der Waals surface area (Å²) in [6, 6.07) is 22.4. The molecule has 0 N–H and O–H groups in total. The van der Waals surface area contributed by atoms with Crippen LogP contribution in [0.25, 0.3) is 0 Å². The van der Waals surface area contributed by atoms with E-state index in [0.29, 0.717) is 23.8 Å². The minimum Gasteiger partial charge on any atom is -0.340 e. The zero-order valence-corrected chi connectivity index (χ0v) is 18.7. The lowest BCUT2D eigenvalue weighted by atomic mass is 9.87. The van der Waals surface area contributed by atoms with Gasteiger partial charge >= 0.3 is 0 Å². The van der Waals surface area contributed by atoms with Crippen molar-refractivity contribution in [1.82, 2.24) is 9.80 Å². The predicted octanol–water partition coefficient (Wildman–Crippen LogP) is 5.44. The third-order valence-corrected chi connectivity index (χ3v) is 8.05. The lowest BCUT2D eigenvalue weighted by Crippen LogP contribution is -2.45. The molecule has 2 aliphatic heterocycles. The van der Waals surface area contributed by atoms with Crippen LogP contribution in [0.2, 0.25) is 0 Å². The first-order chi connectivity index (χ1) is 15.3. The van der Waals surface area contributed by atoms with Crippen LogP contribution in [-0.2, 0) is 4.79 Å². The first kappa shape index (κ1) is 20.8. The molecular formula is C28H36N2O. The third-order valence-electron chi connectivity index (χ3n) is 8.05. The molecule has 2 saturated heterocycles. The molecule has 0 unspecified atom stereocenters. The Bertz CT molecular complexity index is 838. The largest absolute Gasteiger partial charge is 0.340 e. The summed E-state index contributed by atoms with van der Waals surface area (Å²) < 4.78 is 0. The summed E-state index contributed by atoms with van der Waals surface area (Å²) in [6.45, 7) is 4.07. The van der Waals surface area contributed by atoms with Crippen LogP contribution in [0.5, 0.6) is 0 Å². The van der Waals surface area contributed by atoms with Gasteiger partial charge in [-0.1, -0.05) is 79.9 Å². The van der Waals surface area contributed by atoms with Gasteiger partial charge in [-0.2, -0.15) is 0 Å². The Hall–Kier alpha value is -2.13. The number of amides is 1. The molecule has 2 atom stereocenters. The van der Waals surface area contributed by atoms with E-state index in [4.69, 9.17) is 0 Å². The molecule has 164 valence electrons. The van der Waals surface area contributed by atoms with Crippen molar-refractivity contribution in [2.75, 3.05) is 26.2 Å². The molecule has 1 saturated carbocycles. The monoisotopic (exact) mass is 416 g/mol. The minimum atomic E-state index is 0.271.